The molecule has 2 aromatic heterocycles. The SMILES string of the molecule is CNC(Cc1c(C)nn(C)c1Cl)c1cc2c(s1)CCCC2. The Hall–Kier alpha value is -0.840. The van der Waals surface area contributed by atoms with Gasteiger partial charge >= 0.3 is 0 Å². The number of halogens is 1. The van der Waals surface area contributed by atoms with Gasteiger partial charge in [0.1, 0.15) is 5.15 Å². The Balaban J connectivity index is 1.86. The number of aromatic nitrogens is 2. The van der Waals surface area contributed by atoms with E-state index in [9.17, 15) is 0 Å². The van der Waals surface area contributed by atoms with Gasteiger partial charge in [0.05, 0.1) is 5.69 Å². The fourth-order valence-electron chi connectivity index (χ4n) is 3.14. The van der Waals surface area contributed by atoms with Crippen LogP contribution < -0.4 is 5.32 Å². The smallest absolute Gasteiger partial charge is 0.130 e. The number of nitrogens with one attached hydrogen (secondary N) is 1. The lowest BCUT2D eigenvalue weighted by atomic mass is 9.98. The third-order valence-electron chi connectivity index (χ3n) is 4.39. The average Bonchev–Trinajstić information content (AvgIpc) is 3.00. The molecule has 3 nitrogen and oxygen atoms in total. The van der Waals surface area contributed by atoms with E-state index in [-0.39, 0.29) is 0 Å². The summed E-state index contributed by atoms with van der Waals surface area (Å²) in [5, 5.41) is 8.63. The van der Waals surface area contributed by atoms with Crippen molar-refractivity contribution < 1.29 is 0 Å². The summed E-state index contributed by atoms with van der Waals surface area (Å²) in [5.41, 5.74) is 3.75. The van der Waals surface area contributed by atoms with E-state index in [0.29, 0.717) is 6.04 Å². The van der Waals surface area contributed by atoms with Crippen LogP contribution in [-0.2, 0) is 26.3 Å². The summed E-state index contributed by atoms with van der Waals surface area (Å²) in [6, 6.07) is 2.72. The summed E-state index contributed by atoms with van der Waals surface area (Å²) in [6.45, 7) is 2.04. The molecule has 0 saturated heterocycles. The van der Waals surface area contributed by atoms with E-state index in [1.54, 1.807) is 15.1 Å². The van der Waals surface area contributed by atoms with E-state index in [1.807, 2.05) is 32.4 Å². The zero-order valence-electron chi connectivity index (χ0n) is 12.9. The summed E-state index contributed by atoms with van der Waals surface area (Å²) in [7, 11) is 3.93. The molecule has 0 radical (unpaired) electrons. The van der Waals surface area contributed by atoms with Crippen LogP contribution in [-0.4, -0.2) is 16.8 Å². The second-order valence-electron chi connectivity index (χ2n) is 5.83. The number of nitrogens with zero attached hydrogens (tertiary/aromatic N) is 2. The molecular weight excluding hydrogens is 302 g/mol. The number of fused-ring (bicyclic) bond motifs is 1. The summed E-state index contributed by atoms with van der Waals surface area (Å²) < 4.78 is 1.76. The van der Waals surface area contributed by atoms with Crippen molar-refractivity contribution in [1.82, 2.24) is 15.1 Å². The van der Waals surface area contributed by atoms with Crippen molar-refractivity contribution in [3.05, 3.63) is 37.8 Å². The van der Waals surface area contributed by atoms with Crippen molar-refractivity contribution in [3.63, 3.8) is 0 Å². The molecule has 1 atom stereocenters. The summed E-state index contributed by atoms with van der Waals surface area (Å²) in [4.78, 5) is 3.02. The van der Waals surface area contributed by atoms with Crippen molar-refractivity contribution in [3.8, 4) is 0 Å². The van der Waals surface area contributed by atoms with Gasteiger partial charge in [0.15, 0.2) is 0 Å². The fourth-order valence-corrected chi connectivity index (χ4v) is 4.76. The van der Waals surface area contributed by atoms with E-state index in [2.05, 4.69) is 16.5 Å². The van der Waals surface area contributed by atoms with Crippen LogP contribution in [0.25, 0.3) is 0 Å². The molecule has 0 aromatic carbocycles. The fraction of sp³-hybridized carbons (Fsp3) is 0.562. The maximum Gasteiger partial charge on any atom is 0.130 e. The largest absolute Gasteiger partial charge is 0.312 e. The first-order valence-electron chi connectivity index (χ1n) is 7.57. The Kier molecular flexibility index (Phi) is 4.38. The zero-order valence-corrected chi connectivity index (χ0v) is 14.4. The third-order valence-corrected chi connectivity index (χ3v) is 6.21. The first kappa shape index (κ1) is 15.1. The minimum Gasteiger partial charge on any atom is -0.312 e. The molecule has 0 aliphatic heterocycles. The predicted molar refractivity (Wildman–Crippen MR) is 89.4 cm³/mol. The monoisotopic (exact) mass is 323 g/mol. The molecule has 1 aliphatic rings. The standard InChI is InChI=1S/C16H22ClN3S/c1-10-12(16(17)20(3)19-10)9-13(18-2)15-8-11-6-4-5-7-14(11)21-15/h8,13,18H,4-7,9H2,1-3H3. The van der Waals surface area contributed by atoms with Gasteiger partial charge in [-0.15, -0.1) is 11.3 Å². The van der Waals surface area contributed by atoms with Crippen LogP contribution in [0.15, 0.2) is 6.07 Å². The van der Waals surface area contributed by atoms with E-state index in [4.69, 9.17) is 11.6 Å². The molecule has 5 heteroatoms. The Bertz CT molecular complexity index is 621. The maximum atomic E-state index is 6.38. The number of thiophene rings is 1. The minimum atomic E-state index is 0.320. The lowest BCUT2D eigenvalue weighted by molar-refractivity contribution is 0.600. The predicted octanol–water partition coefficient (Wildman–Crippen LogP) is 3.83. The molecule has 1 unspecified atom stereocenters. The molecule has 0 saturated carbocycles. The lowest BCUT2D eigenvalue weighted by Crippen LogP contribution is -2.18. The topological polar surface area (TPSA) is 29.9 Å². The molecule has 0 fully saturated rings. The molecule has 0 spiro atoms. The van der Waals surface area contributed by atoms with Gasteiger partial charge in [-0.3, -0.25) is 4.68 Å². The molecule has 2 aromatic rings. The second-order valence-corrected chi connectivity index (χ2v) is 7.35. The normalized spacial score (nSPS) is 16.0. The lowest BCUT2D eigenvalue weighted by Gasteiger charge is -2.14. The number of likely N-dealkylation sites (N-methyl/N-ethyl adjacent to an activating group) is 1. The number of hydrogen-bond donors (Lipinski definition) is 1. The van der Waals surface area contributed by atoms with Gasteiger partial charge in [-0.05, 0) is 57.7 Å². The van der Waals surface area contributed by atoms with Gasteiger partial charge in [0.2, 0.25) is 0 Å². The maximum absolute atomic E-state index is 6.38. The highest BCUT2D eigenvalue weighted by Gasteiger charge is 2.21. The van der Waals surface area contributed by atoms with Gasteiger partial charge in [0, 0.05) is 28.4 Å². The Labute approximate surface area is 135 Å². The van der Waals surface area contributed by atoms with Crippen molar-refractivity contribution in [2.45, 2.75) is 45.1 Å². The van der Waals surface area contributed by atoms with Crippen molar-refractivity contribution in [2.75, 3.05) is 7.05 Å². The van der Waals surface area contributed by atoms with Gasteiger partial charge in [-0.1, -0.05) is 11.6 Å². The Morgan fingerprint density at radius 1 is 1.43 bits per heavy atom. The molecule has 3 rings (SSSR count). The Morgan fingerprint density at radius 3 is 2.81 bits per heavy atom. The Morgan fingerprint density at radius 2 is 2.19 bits per heavy atom. The van der Waals surface area contributed by atoms with E-state index in [0.717, 1.165) is 22.8 Å². The van der Waals surface area contributed by atoms with E-state index >= 15 is 0 Å². The number of hydrogen-bond acceptors (Lipinski definition) is 3. The van der Waals surface area contributed by atoms with E-state index < -0.39 is 0 Å². The third kappa shape index (κ3) is 2.89. The molecule has 0 bridgehead atoms. The molecule has 1 aliphatic carbocycles. The van der Waals surface area contributed by atoms with Crippen LogP contribution in [0, 0.1) is 6.92 Å². The summed E-state index contributed by atoms with van der Waals surface area (Å²) in [6.07, 6.45) is 6.07. The van der Waals surface area contributed by atoms with Gasteiger partial charge < -0.3 is 5.32 Å². The quantitative estimate of drug-likeness (QED) is 0.926. The van der Waals surface area contributed by atoms with Gasteiger partial charge in [0.25, 0.3) is 0 Å². The van der Waals surface area contributed by atoms with Crippen LogP contribution in [0.1, 0.15) is 45.5 Å². The first-order chi connectivity index (χ1) is 10.1. The van der Waals surface area contributed by atoms with Crippen molar-refractivity contribution >= 4 is 22.9 Å². The zero-order chi connectivity index (χ0) is 15.0. The van der Waals surface area contributed by atoms with Crippen molar-refractivity contribution in [2.24, 2.45) is 7.05 Å². The number of aryl methyl sites for hydroxylation is 4. The van der Waals surface area contributed by atoms with E-state index in [1.165, 1.54) is 30.6 Å². The summed E-state index contributed by atoms with van der Waals surface area (Å²) in [5.74, 6) is 0. The molecule has 114 valence electrons. The average molecular weight is 324 g/mol. The molecule has 0 amide bonds. The molecule has 1 N–H and O–H groups in total. The minimum absolute atomic E-state index is 0.320. The van der Waals surface area contributed by atoms with Crippen molar-refractivity contribution in [1.29, 1.82) is 0 Å². The first-order valence-corrected chi connectivity index (χ1v) is 8.76. The highest BCUT2D eigenvalue weighted by atomic mass is 35.5. The van der Waals surface area contributed by atoms with Crippen LogP contribution >= 0.6 is 22.9 Å². The highest BCUT2D eigenvalue weighted by molar-refractivity contribution is 7.12. The van der Waals surface area contributed by atoms with Crippen LogP contribution in [0.2, 0.25) is 5.15 Å². The van der Waals surface area contributed by atoms with Gasteiger partial charge in [-0.25, -0.2) is 0 Å². The van der Waals surface area contributed by atoms with Crippen LogP contribution in [0.4, 0.5) is 0 Å². The van der Waals surface area contributed by atoms with Crippen LogP contribution in [0.5, 0.6) is 0 Å². The second kappa shape index (κ2) is 6.11. The molecule has 21 heavy (non-hydrogen) atoms. The highest BCUT2D eigenvalue weighted by Crippen LogP contribution is 2.35. The van der Waals surface area contributed by atoms with Crippen LogP contribution in [0.3, 0.4) is 0 Å². The molecular formula is C16H22ClN3S. The molecule has 2 heterocycles. The number of rotatable bonds is 4. The van der Waals surface area contributed by atoms with Gasteiger partial charge in [-0.2, -0.15) is 5.10 Å². The summed E-state index contributed by atoms with van der Waals surface area (Å²) >= 11 is 8.35.